The van der Waals surface area contributed by atoms with Crippen molar-refractivity contribution in [2.24, 2.45) is 5.92 Å². The maximum absolute atomic E-state index is 13.4. The average molecular weight is 458 g/mol. The van der Waals surface area contributed by atoms with E-state index in [1.165, 1.54) is 0 Å². The van der Waals surface area contributed by atoms with E-state index < -0.39 is 0 Å². The Hall–Kier alpha value is -2.77. The van der Waals surface area contributed by atoms with Gasteiger partial charge in [-0.3, -0.25) is 4.79 Å². The van der Waals surface area contributed by atoms with Crippen molar-refractivity contribution in [2.75, 3.05) is 38.7 Å². The minimum absolute atomic E-state index is 0.0210. The molecule has 0 spiro atoms. The first-order chi connectivity index (χ1) is 15.5. The molecule has 1 saturated carbocycles. The molecule has 1 heterocycles. The Morgan fingerprint density at radius 2 is 1.84 bits per heavy atom. The summed E-state index contributed by atoms with van der Waals surface area (Å²) in [5, 5.41) is 6.42. The monoisotopic (exact) mass is 457 g/mol. The fourth-order valence-electron chi connectivity index (χ4n) is 4.59. The van der Waals surface area contributed by atoms with Crippen molar-refractivity contribution in [3.8, 4) is 5.75 Å². The molecule has 4 rings (SSSR count). The van der Waals surface area contributed by atoms with Crippen molar-refractivity contribution >= 4 is 29.2 Å². The largest absolute Gasteiger partial charge is 0.497 e. The third-order valence-electron chi connectivity index (χ3n) is 6.16. The number of methoxy groups -OCH3 is 1. The van der Waals surface area contributed by atoms with Crippen molar-refractivity contribution in [1.82, 2.24) is 10.2 Å². The van der Waals surface area contributed by atoms with Crippen LogP contribution in [0.3, 0.4) is 0 Å². The third kappa shape index (κ3) is 5.34. The molecule has 3 amide bonds. The molecule has 1 aliphatic heterocycles. The van der Waals surface area contributed by atoms with Crippen LogP contribution in [0.1, 0.15) is 24.3 Å². The molecule has 0 bridgehead atoms. The fraction of sp³-hybridized carbons (Fsp3) is 0.417. The molecule has 3 atom stereocenters. The van der Waals surface area contributed by atoms with Gasteiger partial charge < -0.3 is 25.0 Å². The second-order valence-electron chi connectivity index (χ2n) is 8.20. The van der Waals surface area contributed by atoms with E-state index in [4.69, 9.17) is 21.1 Å². The normalized spacial score (nSPS) is 22.9. The first kappa shape index (κ1) is 22.4. The van der Waals surface area contributed by atoms with Gasteiger partial charge in [0.15, 0.2) is 0 Å². The maximum Gasteiger partial charge on any atom is 0.319 e. The lowest BCUT2D eigenvalue weighted by atomic mass is 9.88. The van der Waals surface area contributed by atoms with Crippen molar-refractivity contribution in [2.45, 2.75) is 24.8 Å². The lowest BCUT2D eigenvalue weighted by Crippen LogP contribution is -2.44. The summed E-state index contributed by atoms with van der Waals surface area (Å²) in [6, 6.07) is 14.5. The Balaban J connectivity index is 1.47. The molecule has 8 heteroatoms. The van der Waals surface area contributed by atoms with Gasteiger partial charge in [0.2, 0.25) is 5.91 Å². The molecule has 1 aliphatic carbocycles. The molecule has 1 saturated heterocycles. The number of nitrogens with one attached hydrogen (secondary N) is 2. The highest BCUT2D eigenvalue weighted by Gasteiger charge is 2.42. The third-order valence-corrected chi connectivity index (χ3v) is 6.40. The van der Waals surface area contributed by atoms with Gasteiger partial charge in [-0.1, -0.05) is 29.8 Å². The van der Waals surface area contributed by atoms with Crippen LogP contribution in [0, 0.1) is 5.92 Å². The van der Waals surface area contributed by atoms with Crippen LogP contribution in [-0.2, 0) is 9.53 Å². The number of ether oxygens (including phenoxy) is 2. The molecule has 2 fully saturated rings. The van der Waals surface area contributed by atoms with Crippen molar-refractivity contribution in [1.29, 1.82) is 0 Å². The summed E-state index contributed by atoms with van der Waals surface area (Å²) in [5.41, 5.74) is 1.71. The second kappa shape index (κ2) is 10.2. The van der Waals surface area contributed by atoms with Crippen molar-refractivity contribution < 1.29 is 19.1 Å². The minimum atomic E-state index is -0.301. The van der Waals surface area contributed by atoms with Crippen LogP contribution in [0.15, 0.2) is 48.5 Å². The van der Waals surface area contributed by atoms with Crippen LogP contribution in [0.25, 0.3) is 0 Å². The standard InChI is InChI=1S/C24H28ClN3O4/c1-31-20-7-5-16(6-8-20)21-14-19(15-22(21)23(29)28-9-11-32-12-10-28)27-24(30)26-18-4-2-3-17(25)13-18/h2-8,13,19,21-22H,9-12,14-15H2,1H3,(H2,26,27,30)/t19-,21+,22-/m0/s1. The lowest BCUT2D eigenvalue weighted by molar-refractivity contribution is -0.140. The van der Waals surface area contributed by atoms with E-state index in [0.29, 0.717) is 49.9 Å². The molecular formula is C24H28ClN3O4. The molecule has 32 heavy (non-hydrogen) atoms. The summed E-state index contributed by atoms with van der Waals surface area (Å²) in [6.45, 7) is 2.35. The van der Waals surface area contributed by atoms with Crippen molar-refractivity contribution in [3.05, 3.63) is 59.1 Å². The number of anilines is 1. The van der Waals surface area contributed by atoms with Crippen LogP contribution < -0.4 is 15.4 Å². The zero-order valence-corrected chi connectivity index (χ0v) is 18.8. The van der Waals surface area contributed by atoms with Gasteiger partial charge in [-0.25, -0.2) is 4.79 Å². The number of urea groups is 1. The highest BCUT2D eigenvalue weighted by Crippen LogP contribution is 2.41. The predicted molar refractivity (Wildman–Crippen MR) is 123 cm³/mol. The van der Waals surface area contributed by atoms with Gasteiger partial charge in [-0.05, 0) is 54.7 Å². The Kier molecular flexibility index (Phi) is 7.17. The molecule has 2 N–H and O–H groups in total. The number of benzene rings is 2. The summed E-state index contributed by atoms with van der Waals surface area (Å²) < 4.78 is 10.7. The van der Waals surface area contributed by atoms with Crippen LogP contribution in [0.4, 0.5) is 10.5 Å². The predicted octanol–water partition coefficient (Wildman–Crippen LogP) is 3.89. The number of amides is 3. The van der Waals surface area contributed by atoms with E-state index >= 15 is 0 Å². The highest BCUT2D eigenvalue weighted by atomic mass is 35.5. The van der Waals surface area contributed by atoms with Crippen LogP contribution >= 0.6 is 11.6 Å². The summed E-state index contributed by atoms with van der Waals surface area (Å²) >= 11 is 6.00. The zero-order chi connectivity index (χ0) is 22.5. The summed E-state index contributed by atoms with van der Waals surface area (Å²) in [4.78, 5) is 27.8. The second-order valence-corrected chi connectivity index (χ2v) is 8.64. The molecule has 170 valence electrons. The Morgan fingerprint density at radius 1 is 1.09 bits per heavy atom. The summed E-state index contributed by atoms with van der Waals surface area (Å²) in [7, 11) is 1.63. The quantitative estimate of drug-likeness (QED) is 0.713. The first-order valence-corrected chi connectivity index (χ1v) is 11.2. The summed E-state index contributed by atoms with van der Waals surface area (Å²) in [6.07, 6.45) is 1.28. The number of halogens is 1. The molecule has 0 aromatic heterocycles. The Bertz CT molecular complexity index is 947. The average Bonchev–Trinajstić information content (AvgIpc) is 3.22. The maximum atomic E-state index is 13.4. The molecule has 0 radical (unpaired) electrons. The zero-order valence-electron chi connectivity index (χ0n) is 18.1. The van der Waals surface area contributed by atoms with E-state index in [-0.39, 0.29) is 29.8 Å². The number of carbonyl (C=O) groups excluding carboxylic acids is 2. The van der Waals surface area contributed by atoms with Gasteiger partial charge >= 0.3 is 6.03 Å². The number of nitrogens with zero attached hydrogens (tertiary/aromatic N) is 1. The molecule has 7 nitrogen and oxygen atoms in total. The Morgan fingerprint density at radius 3 is 2.53 bits per heavy atom. The van der Waals surface area contributed by atoms with Crippen LogP contribution in [0.5, 0.6) is 5.75 Å². The van der Waals surface area contributed by atoms with E-state index in [9.17, 15) is 9.59 Å². The number of rotatable bonds is 5. The summed E-state index contributed by atoms with van der Waals surface area (Å²) in [5.74, 6) is 0.734. The van der Waals surface area contributed by atoms with E-state index in [1.54, 1.807) is 31.4 Å². The lowest BCUT2D eigenvalue weighted by Gasteiger charge is -2.31. The minimum Gasteiger partial charge on any atom is -0.497 e. The molecule has 2 aromatic carbocycles. The van der Waals surface area contributed by atoms with Crippen molar-refractivity contribution in [3.63, 3.8) is 0 Å². The first-order valence-electron chi connectivity index (χ1n) is 10.9. The smallest absolute Gasteiger partial charge is 0.319 e. The topological polar surface area (TPSA) is 79.9 Å². The number of carbonyl (C=O) groups is 2. The van der Waals surface area contributed by atoms with Gasteiger partial charge in [0.25, 0.3) is 0 Å². The highest BCUT2D eigenvalue weighted by molar-refractivity contribution is 6.30. The van der Waals surface area contributed by atoms with Crippen LogP contribution in [0.2, 0.25) is 5.02 Å². The van der Waals surface area contributed by atoms with E-state index in [0.717, 1.165) is 11.3 Å². The Labute approximate surface area is 193 Å². The van der Waals surface area contributed by atoms with Crippen LogP contribution in [-0.4, -0.2) is 56.3 Å². The molecule has 0 unspecified atom stereocenters. The van der Waals surface area contributed by atoms with E-state index in [1.807, 2.05) is 29.2 Å². The van der Waals surface area contributed by atoms with Gasteiger partial charge in [-0.15, -0.1) is 0 Å². The SMILES string of the molecule is COc1ccc([C@H]2C[C@H](NC(=O)Nc3cccc(Cl)c3)C[C@@H]2C(=O)N2CCOCC2)cc1. The number of morpholine rings is 1. The number of hydrogen-bond donors (Lipinski definition) is 2. The van der Waals surface area contributed by atoms with Gasteiger partial charge in [0.05, 0.1) is 20.3 Å². The number of hydrogen-bond acceptors (Lipinski definition) is 4. The van der Waals surface area contributed by atoms with E-state index in [2.05, 4.69) is 10.6 Å². The molecular weight excluding hydrogens is 430 g/mol. The van der Waals surface area contributed by atoms with Gasteiger partial charge in [0, 0.05) is 35.8 Å². The fourth-order valence-corrected chi connectivity index (χ4v) is 4.78. The molecule has 2 aromatic rings. The van der Waals surface area contributed by atoms with Gasteiger partial charge in [0.1, 0.15) is 5.75 Å². The van der Waals surface area contributed by atoms with Gasteiger partial charge in [-0.2, -0.15) is 0 Å². The molecule has 2 aliphatic rings.